The Hall–Kier alpha value is 0.980. The molecule has 49 heavy (non-hydrogen) atoms. The Morgan fingerprint density at radius 3 is 1.76 bits per heavy atom. The van der Waals surface area contributed by atoms with E-state index in [-0.39, 0.29) is 169 Å². The maximum atomic E-state index is 11.2. The Kier molecular flexibility index (Phi) is 44.8. The number of carbonyl (C=O) groups is 3. The molecule has 15 nitrogen and oxygen atoms in total. The van der Waals surface area contributed by atoms with Gasteiger partial charge in [0.05, 0.1) is 46.2 Å². The standard InChI is InChI=1S/C14H21N3O3.C10H15N3O.C4H7BrO2.CH2O3.B.2K.U.H/c1-2-20-14(18)11-15-10-12-3-4-16-13(9-12)17-5-7-19-8-6-17;11-8-9-1-2-12-10(7-9)13-3-5-14-6-4-13;1-2-7-4(6)3-5;2-1-4-3;;;;;/h3-4,9,15H,2,5-8,10-11H2,1H3;1-2,7H,3-6,8,11H2;2-3H2,1H3;1,3H;;;;;/q;;;;;2*+1;;-1/p-1. The molecule has 0 aromatic carbocycles. The molecule has 0 bridgehead atoms. The molecule has 2 fully saturated rings. The van der Waals surface area contributed by atoms with E-state index in [1.165, 1.54) is 0 Å². The minimum Gasteiger partial charge on any atom is -1.00 e. The van der Waals surface area contributed by atoms with Crippen molar-refractivity contribution in [3.05, 3.63) is 47.8 Å². The summed E-state index contributed by atoms with van der Waals surface area (Å²) in [6, 6.07) is 7.99. The average molecular weight is 1030 g/mol. The number of hydrogen-bond acceptors (Lipinski definition) is 15. The summed E-state index contributed by atoms with van der Waals surface area (Å²) >= 11 is 2.94. The van der Waals surface area contributed by atoms with Gasteiger partial charge >= 0.3 is 115 Å². The van der Waals surface area contributed by atoms with Crippen molar-refractivity contribution in [1.29, 1.82) is 0 Å². The molecule has 0 saturated carbocycles. The van der Waals surface area contributed by atoms with Crippen molar-refractivity contribution in [2.24, 2.45) is 5.73 Å². The van der Waals surface area contributed by atoms with Gasteiger partial charge in [-0.1, -0.05) is 15.9 Å². The van der Waals surface area contributed by atoms with Crippen LogP contribution in [-0.4, -0.2) is 114 Å². The Morgan fingerprint density at radius 2 is 1.37 bits per heavy atom. The van der Waals surface area contributed by atoms with Gasteiger partial charge in [0, 0.05) is 91.2 Å². The molecule has 0 spiro atoms. The summed E-state index contributed by atoms with van der Waals surface area (Å²) < 4.78 is 20.0. The third-order valence-electron chi connectivity index (χ3n) is 5.88. The zero-order valence-electron chi connectivity index (χ0n) is 29.9. The smallest absolute Gasteiger partial charge is 1.00 e. The molecule has 4 heterocycles. The van der Waals surface area contributed by atoms with E-state index >= 15 is 0 Å². The van der Waals surface area contributed by atoms with Crippen LogP contribution in [0, 0.1) is 31.1 Å². The zero-order chi connectivity index (χ0) is 33.1. The number of hydrogen-bond donors (Lipinski definition) is 2. The molecule has 3 N–H and O–H groups in total. The van der Waals surface area contributed by atoms with Gasteiger partial charge in [0.15, 0.2) is 0 Å². The number of nitrogens with one attached hydrogen (secondary N) is 1. The van der Waals surface area contributed by atoms with Crippen molar-refractivity contribution in [3.8, 4) is 0 Å². The second-order valence-corrected chi connectivity index (χ2v) is 9.55. The van der Waals surface area contributed by atoms with Gasteiger partial charge in [-0.05, 0) is 49.2 Å². The Balaban J connectivity index is -0.000000198. The van der Waals surface area contributed by atoms with Gasteiger partial charge in [0.1, 0.15) is 17.0 Å². The summed E-state index contributed by atoms with van der Waals surface area (Å²) in [4.78, 5) is 45.8. The van der Waals surface area contributed by atoms with Crippen LogP contribution in [0.1, 0.15) is 26.4 Å². The second-order valence-electron chi connectivity index (χ2n) is 8.99. The SMILES string of the molecule is CCOC(=O)CBr.CCOC(=O)CNCc1ccnc(N2CCOCC2)c1.NCc1ccnc(N2CCOCC2)c1.O=CO[O-].[B].[H-].[K+].[K+].[U]. The number of halogens is 1. The van der Waals surface area contributed by atoms with Crippen molar-refractivity contribution < 1.29 is 179 Å². The molecule has 0 aliphatic carbocycles. The van der Waals surface area contributed by atoms with Gasteiger partial charge in [0.25, 0.3) is 6.47 Å². The van der Waals surface area contributed by atoms with Gasteiger partial charge in [0.2, 0.25) is 0 Å². The molecular weight excluding hydrogens is 983 g/mol. The van der Waals surface area contributed by atoms with Gasteiger partial charge in [-0.15, -0.1) is 0 Å². The minimum absolute atomic E-state index is 0. The number of nitrogens with zero attached hydrogens (tertiary/aromatic N) is 4. The van der Waals surface area contributed by atoms with Gasteiger partial charge in [-0.25, -0.2) is 9.97 Å². The zero-order valence-corrected chi connectivity index (χ0v) is 40.9. The monoisotopic (exact) mass is 1030 g/mol. The Morgan fingerprint density at radius 1 is 0.939 bits per heavy atom. The molecule has 0 atom stereocenters. The summed E-state index contributed by atoms with van der Waals surface area (Å²) in [7, 11) is 0. The van der Waals surface area contributed by atoms with Crippen molar-refractivity contribution >= 4 is 54.4 Å². The molecule has 20 heteroatoms. The minimum atomic E-state index is -0.227. The predicted octanol–water partition coefficient (Wildman–Crippen LogP) is -5.93. The number of carbonyl (C=O) groups excluding carboxylic acids is 3. The third kappa shape index (κ3) is 28.1. The maximum Gasteiger partial charge on any atom is 1.00 e. The molecule has 0 unspecified atom stereocenters. The first-order chi connectivity index (χ1) is 21.9. The number of alkyl halides is 1. The second kappa shape index (κ2) is 38.7. The van der Waals surface area contributed by atoms with Crippen LogP contribution in [0.3, 0.4) is 0 Å². The van der Waals surface area contributed by atoms with Crippen molar-refractivity contribution in [2.45, 2.75) is 26.9 Å². The average Bonchev–Trinajstić information content (AvgIpc) is 3.10. The fourth-order valence-corrected chi connectivity index (χ4v) is 3.97. The maximum absolute atomic E-state index is 11.2. The topological polar surface area (TPSA) is 191 Å². The molecule has 2 saturated heterocycles. The molecule has 2 aliphatic rings. The largest absolute Gasteiger partial charge is 1.00 e. The fraction of sp³-hybridized carbons (Fsp3) is 0.552. The first-order valence-electron chi connectivity index (χ1n) is 14.5. The summed E-state index contributed by atoms with van der Waals surface area (Å²) in [5, 5.41) is 11.8. The van der Waals surface area contributed by atoms with Gasteiger partial charge < -0.3 is 51.4 Å². The van der Waals surface area contributed by atoms with Crippen LogP contribution in [0.5, 0.6) is 0 Å². The quantitative estimate of drug-likeness (QED) is 0.0541. The van der Waals surface area contributed by atoms with Gasteiger partial charge in [-0.3, -0.25) is 14.4 Å². The number of aromatic nitrogens is 2. The number of morpholine rings is 2. The Labute approximate surface area is 409 Å². The van der Waals surface area contributed by atoms with E-state index in [9.17, 15) is 9.59 Å². The summed E-state index contributed by atoms with van der Waals surface area (Å²) in [5.74, 6) is 1.54. The first-order valence-corrected chi connectivity index (χ1v) is 15.6. The molecule has 2 aliphatic heterocycles. The molecule has 2 aromatic heterocycles. The molecule has 0 amide bonds. The summed E-state index contributed by atoms with van der Waals surface area (Å²) in [6.07, 6.45) is 3.61. The Bertz CT molecular complexity index is 1120. The van der Waals surface area contributed by atoms with E-state index in [1.54, 1.807) is 20.0 Å². The number of pyridine rings is 2. The van der Waals surface area contributed by atoms with Crippen LogP contribution in [0.2, 0.25) is 0 Å². The summed E-state index contributed by atoms with van der Waals surface area (Å²) in [5.41, 5.74) is 7.81. The van der Waals surface area contributed by atoms with Crippen molar-refractivity contribution in [2.75, 3.05) is 87.5 Å². The summed E-state index contributed by atoms with van der Waals surface area (Å²) in [6.45, 7) is 12.3. The number of ether oxygens (including phenoxy) is 4. The van der Waals surface area contributed by atoms with E-state index in [2.05, 4.69) is 50.6 Å². The molecule has 4 rings (SSSR count). The number of esters is 2. The van der Waals surface area contributed by atoms with E-state index in [0.29, 0.717) is 31.6 Å². The van der Waals surface area contributed by atoms with Crippen LogP contribution in [-0.2, 0) is 51.3 Å². The fourth-order valence-electron chi connectivity index (χ4n) is 3.81. The van der Waals surface area contributed by atoms with E-state index in [0.717, 1.165) is 75.4 Å². The first kappa shape index (κ1) is 56.7. The predicted molar refractivity (Wildman–Crippen MR) is 175 cm³/mol. The third-order valence-corrected chi connectivity index (χ3v) is 6.34. The molecular formula is C29H45BBrK2N6O9U. The van der Waals surface area contributed by atoms with Crippen LogP contribution in [0.4, 0.5) is 11.6 Å². The molecule has 261 valence electrons. The normalized spacial score (nSPS) is 12.7. The molecule has 2 aromatic rings. The van der Waals surface area contributed by atoms with E-state index < -0.39 is 0 Å². The van der Waals surface area contributed by atoms with Gasteiger partial charge in [-0.2, -0.15) is 0 Å². The van der Waals surface area contributed by atoms with Crippen LogP contribution in [0.25, 0.3) is 0 Å². The van der Waals surface area contributed by atoms with Crippen molar-refractivity contribution in [1.82, 2.24) is 15.3 Å². The van der Waals surface area contributed by atoms with E-state index in [4.69, 9.17) is 30.0 Å². The van der Waals surface area contributed by atoms with E-state index in [1.807, 2.05) is 30.5 Å². The number of nitrogens with two attached hydrogens (primary N) is 1. The number of anilines is 2. The van der Waals surface area contributed by atoms with Crippen LogP contribution < -0.4 is 129 Å². The van der Waals surface area contributed by atoms with Crippen molar-refractivity contribution in [3.63, 3.8) is 0 Å². The number of rotatable bonds is 11. The van der Waals surface area contributed by atoms with Crippen LogP contribution in [0.15, 0.2) is 36.7 Å². The molecule has 3 radical (unpaired) electrons. The van der Waals surface area contributed by atoms with Crippen LogP contribution >= 0.6 is 15.9 Å².